The number of hydrogen-bond donors (Lipinski definition) is 1. The quantitative estimate of drug-likeness (QED) is 0.783. The zero-order valence-electron chi connectivity index (χ0n) is 11.7. The van der Waals surface area contributed by atoms with Crippen LogP contribution in [0.25, 0.3) is 0 Å². The molecule has 2 rings (SSSR count). The maximum absolute atomic E-state index is 4.59. The lowest BCUT2D eigenvalue weighted by atomic mass is 10.2. The van der Waals surface area contributed by atoms with Gasteiger partial charge in [0.15, 0.2) is 0 Å². The Hall–Kier alpha value is -1.09. The van der Waals surface area contributed by atoms with E-state index in [-0.39, 0.29) is 0 Å². The van der Waals surface area contributed by atoms with E-state index in [1.807, 2.05) is 12.3 Å². The summed E-state index contributed by atoms with van der Waals surface area (Å²) < 4.78 is 0. The van der Waals surface area contributed by atoms with E-state index < -0.39 is 0 Å². The minimum absolute atomic E-state index is 0.685. The van der Waals surface area contributed by atoms with Gasteiger partial charge in [0.2, 0.25) is 0 Å². The summed E-state index contributed by atoms with van der Waals surface area (Å²) in [6.07, 6.45) is 8.44. The SMILES string of the molecule is CCCNCc1cccnc1N(C)C1CCCC1. The van der Waals surface area contributed by atoms with E-state index in [0.717, 1.165) is 18.9 Å². The number of nitrogens with zero attached hydrogens (tertiary/aromatic N) is 2. The van der Waals surface area contributed by atoms with Crippen LogP contribution in [0, 0.1) is 0 Å². The lowest BCUT2D eigenvalue weighted by Gasteiger charge is -2.27. The Balaban J connectivity index is 2.05. The molecule has 0 aliphatic heterocycles. The van der Waals surface area contributed by atoms with Gasteiger partial charge in [-0.15, -0.1) is 0 Å². The van der Waals surface area contributed by atoms with Crippen molar-refractivity contribution in [2.24, 2.45) is 0 Å². The van der Waals surface area contributed by atoms with E-state index in [0.29, 0.717) is 6.04 Å². The van der Waals surface area contributed by atoms with Crippen LogP contribution < -0.4 is 10.2 Å². The van der Waals surface area contributed by atoms with E-state index >= 15 is 0 Å². The molecule has 1 aliphatic rings. The van der Waals surface area contributed by atoms with Crippen molar-refractivity contribution in [2.45, 2.75) is 51.6 Å². The van der Waals surface area contributed by atoms with Gasteiger partial charge < -0.3 is 10.2 Å². The highest BCUT2D eigenvalue weighted by molar-refractivity contribution is 5.47. The third-order valence-corrected chi connectivity index (χ3v) is 3.82. The molecule has 1 heterocycles. The van der Waals surface area contributed by atoms with Crippen LogP contribution in [0.5, 0.6) is 0 Å². The van der Waals surface area contributed by atoms with Crippen molar-refractivity contribution in [1.82, 2.24) is 10.3 Å². The minimum atomic E-state index is 0.685. The fourth-order valence-electron chi connectivity index (χ4n) is 2.75. The van der Waals surface area contributed by atoms with Crippen LogP contribution in [-0.2, 0) is 6.54 Å². The van der Waals surface area contributed by atoms with E-state index in [1.165, 1.54) is 37.7 Å². The van der Waals surface area contributed by atoms with Crippen LogP contribution in [0.1, 0.15) is 44.6 Å². The Morgan fingerprint density at radius 1 is 1.39 bits per heavy atom. The van der Waals surface area contributed by atoms with Crippen molar-refractivity contribution in [1.29, 1.82) is 0 Å². The Bertz CT molecular complexity index is 359. The molecule has 1 N–H and O–H groups in total. The van der Waals surface area contributed by atoms with Crippen molar-refractivity contribution >= 4 is 5.82 Å². The first kappa shape index (κ1) is 13.3. The van der Waals surface area contributed by atoms with Crippen molar-refractivity contribution in [2.75, 3.05) is 18.5 Å². The second kappa shape index (κ2) is 6.74. The Morgan fingerprint density at radius 2 is 2.17 bits per heavy atom. The van der Waals surface area contributed by atoms with Crippen molar-refractivity contribution in [3.8, 4) is 0 Å². The summed E-state index contributed by atoms with van der Waals surface area (Å²) in [7, 11) is 2.20. The molecule has 0 bridgehead atoms. The molecular formula is C15H25N3. The van der Waals surface area contributed by atoms with Gasteiger partial charge in [-0.25, -0.2) is 4.98 Å². The van der Waals surface area contributed by atoms with Gasteiger partial charge in [-0.1, -0.05) is 25.8 Å². The zero-order chi connectivity index (χ0) is 12.8. The minimum Gasteiger partial charge on any atom is -0.356 e. The highest BCUT2D eigenvalue weighted by Crippen LogP contribution is 2.27. The molecule has 100 valence electrons. The molecule has 0 amide bonds. The average molecular weight is 247 g/mol. The average Bonchev–Trinajstić information content (AvgIpc) is 2.93. The van der Waals surface area contributed by atoms with Crippen LogP contribution in [0.3, 0.4) is 0 Å². The molecule has 18 heavy (non-hydrogen) atoms. The van der Waals surface area contributed by atoms with E-state index in [1.54, 1.807) is 0 Å². The monoisotopic (exact) mass is 247 g/mol. The number of rotatable bonds is 6. The molecule has 0 saturated heterocycles. The fourth-order valence-corrected chi connectivity index (χ4v) is 2.75. The smallest absolute Gasteiger partial charge is 0.132 e. The standard InChI is InChI=1S/C15H25N3/c1-3-10-16-12-13-7-6-11-17-15(13)18(2)14-8-4-5-9-14/h6-7,11,14,16H,3-5,8-10,12H2,1-2H3. The number of nitrogens with one attached hydrogen (secondary N) is 1. The maximum Gasteiger partial charge on any atom is 0.132 e. The van der Waals surface area contributed by atoms with Gasteiger partial charge in [-0.2, -0.15) is 0 Å². The van der Waals surface area contributed by atoms with Gasteiger partial charge in [0, 0.05) is 31.4 Å². The van der Waals surface area contributed by atoms with Crippen LogP contribution in [0.4, 0.5) is 5.82 Å². The topological polar surface area (TPSA) is 28.2 Å². The van der Waals surface area contributed by atoms with Gasteiger partial charge in [-0.3, -0.25) is 0 Å². The first-order valence-corrected chi connectivity index (χ1v) is 7.20. The predicted molar refractivity (Wildman–Crippen MR) is 76.9 cm³/mol. The lowest BCUT2D eigenvalue weighted by Crippen LogP contribution is -2.31. The third-order valence-electron chi connectivity index (χ3n) is 3.82. The van der Waals surface area contributed by atoms with Crippen molar-refractivity contribution < 1.29 is 0 Å². The molecule has 1 saturated carbocycles. The van der Waals surface area contributed by atoms with E-state index in [9.17, 15) is 0 Å². The number of aromatic nitrogens is 1. The summed E-state index contributed by atoms with van der Waals surface area (Å²) >= 11 is 0. The van der Waals surface area contributed by atoms with Crippen molar-refractivity contribution in [3.05, 3.63) is 23.9 Å². The van der Waals surface area contributed by atoms with Gasteiger partial charge in [0.05, 0.1) is 0 Å². The molecule has 0 unspecified atom stereocenters. The third kappa shape index (κ3) is 3.22. The molecule has 3 heteroatoms. The van der Waals surface area contributed by atoms with Crippen LogP contribution >= 0.6 is 0 Å². The fraction of sp³-hybridized carbons (Fsp3) is 0.667. The lowest BCUT2D eigenvalue weighted by molar-refractivity contribution is 0.632. The maximum atomic E-state index is 4.59. The Labute approximate surface area is 111 Å². The molecule has 0 spiro atoms. The first-order valence-electron chi connectivity index (χ1n) is 7.20. The second-order valence-electron chi connectivity index (χ2n) is 5.21. The summed E-state index contributed by atoms with van der Waals surface area (Å²) in [4.78, 5) is 6.97. The molecule has 1 aromatic heterocycles. The summed E-state index contributed by atoms with van der Waals surface area (Å²) in [5.41, 5.74) is 1.32. The molecule has 0 radical (unpaired) electrons. The van der Waals surface area contributed by atoms with Crippen LogP contribution in [-0.4, -0.2) is 24.6 Å². The molecule has 1 aromatic rings. The molecule has 0 atom stereocenters. The van der Waals surface area contributed by atoms with Gasteiger partial charge in [0.25, 0.3) is 0 Å². The number of anilines is 1. The highest BCUT2D eigenvalue weighted by Gasteiger charge is 2.21. The predicted octanol–water partition coefficient (Wildman–Crippen LogP) is 2.96. The summed E-state index contributed by atoms with van der Waals surface area (Å²) in [5.74, 6) is 1.16. The molecule has 1 fully saturated rings. The molecule has 0 aromatic carbocycles. The van der Waals surface area contributed by atoms with Crippen LogP contribution in [0.2, 0.25) is 0 Å². The normalized spacial score (nSPS) is 16.1. The Kier molecular flexibility index (Phi) is 5.00. The summed E-state index contributed by atoms with van der Waals surface area (Å²) in [6.45, 7) is 4.19. The van der Waals surface area contributed by atoms with E-state index in [4.69, 9.17) is 0 Å². The molecular weight excluding hydrogens is 222 g/mol. The van der Waals surface area contributed by atoms with Crippen LogP contribution in [0.15, 0.2) is 18.3 Å². The summed E-state index contributed by atoms with van der Waals surface area (Å²) in [5, 5.41) is 3.47. The molecule has 1 aliphatic carbocycles. The number of hydrogen-bond acceptors (Lipinski definition) is 3. The zero-order valence-corrected chi connectivity index (χ0v) is 11.7. The number of pyridine rings is 1. The second-order valence-corrected chi connectivity index (χ2v) is 5.21. The van der Waals surface area contributed by atoms with Gasteiger partial charge in [0.1, 0.15) is 5.82 Å². The van der Waals surface area contributed by atoms with Crippen molar-refractivity contribution in [3.63, 3.8) is 0 Å². The Morgan fingerprint density at radius 3 is 2.89 bits per heavy atom. The highest BCUT2D eigenvalue weighted by atomic mass is 15.2. The van der Waals surface area contributed by atoms with Gasteiger partial charge >= 0.3 is 0 Å². The summed E-state index contributed by atoms with van der Waals surface area (Å²) in [6, 6.07) is 4.91. The first-order chi connectivity index (χ1) is 8.83. The molecule has 3 nitrogen and oxygen atoms in total. The van der Waals surface area contributed by atoms with Gasteiger partial charge in [-0.05, 0) is 31.9 Å². The van der Waals surface area contributed by atoms with E-state index in [2.05, 4.69) is 35.2 Å². The largest absolute Gasteiger partial charge is 0.356 e.